The molecule has 0 aromatic carbocycles. The highest BCUT2D eigenvalue weighted by Gasteiger charge is 2.59. The number of amides is 1. The zero-order chi connectivity index (χ0) is 17.8. The van der Waals surface area contributed by atoms with Crippen molar-refractivity contribution < 1.29 is 9.53 Å². The quantitative estimate of drug-likeness (QED) is 0.320. The van der Waals surface area contributed by atoms with E-state index in [-0.39, 0.29) is 47.4 Å². The van der Waals surface area contributed by atoms with Gasteiger partial charge in [0.1, 0.15) is 6.54 Å². The molecule has 25 heavy (non-hydrogen) atoms. The lowest BCUT2D eigenvalue weighted by Crippen LogP contribution is -2.68. The number of halogens is 1. The smallest absolute Gasteiger partial charge is 0.242 e. The third-order valence-electron chi connectivity index (χ3n) is 4.99. The normalized spacial score (nSPS) is 24.6. The van der Waals surface area contributed by atoms with E-state index < -0.39 is 0 Å². The molecule has 0 aromatic heterocycles. The molecule has 1 amide bonds. The highest BCUT2D eigenvalue weighted by Crippen LogP contribution is 2.57. The monoisotopic (exact) mass is 466 g/mol. The number of nitrogens with zero attached hydrogens (tertiary/aromatic N) is 1. The van der Waals surface area contributed by atoms with E-state index in [1.807, 2.05) is 27.7 Å². The fraction of sp³-hybridized carbons (Fsp3) is 0.889. The summed E-state index contributed by atoms with van der Waals surface area (Å²) in [4.78, 5) is 16.4. The van der Waals surface area contributed by atoms with E-state index in [1.54, 1.807) is 0 Å². The van der Waals surface area contributed by atoms with Gasteiger partial charge in [-0.15, -0.1) is 24.0 Å². The molecule has 0 bridgehead atoms. The Hall–Kier alpha value is -0.570. The van der Waals surface area contributed by atoms with Gasteiger partial charge in [-0.05, 0) is 53.9 Å². The molecule has 2 aliphatic carbocycles. The molecular weight excluding hydrogens is 431 g/mol. The average Bonchev–Trinajstić information content (AvgIpc) is 2.39. The first-order chi connectivity index (χ1) is 11.3. The Morgan fingerprint density at radius 2 is 1.96 bits per heavy atom. The summed E-state index contributed by atoms with van der Waals surface area (Å²) >= 11 is 0. The first kappa shape index (κ1) is 22.5. The first-order valence-electron chi connectivity index (χ1n) is 9.28. The van der Waals surface area contributed by atoms with Crippen molar-refractivity contribution in [3.63, 3.8) is 0 Å². The molecule has 0 heterocycles. The van der Waals surface area contributed by atoms with Crippen LogP contribution in [-0.4, -0.2) is 49.2 Å². The predicted octanol–water partition coefficient (Wildman–Crippen LogP) is 2.42. The third kappa shape index (κ3) is 5.70. The molecule has 1 spiro atoms. The van der Waals surface area contributed by atoms with Crippen LogP contribution in [0.4, 0.5) is 0 Å². The predicted molar refractivity (Wildman–Crippen MR) is 113 cm³/mol. The Balaban J connectivity index is 0.00000312. The maximum absolute atomic E-state index is 12.0. The lowest BCUT2D eigenvalue weighted by Gasteiger charge is -2.61. The molecular formula is C18H35IN4O2. The highest BCUT2D eigenvalue weighted by molar-refractivity contribution is 14.0. The van der Waals surface area contributed by atoms with Gasteiger partial charge in [-0.25, -0.2) is 4.99 Å². The molecule has 3 N–H and O–H groups in total. The number of ether oxygens (including phenoxy) is 1. The zero-order valence-electron chi connectivity index (χ0n) is 16.3. The topological polar surface area (TPSA) is 74.8 Å². The summed E-state index contributed by atoms with van der Waals surface area (Å²) in [6, 6.07) is 0.395. The molecule has 2 atom stereocenters. The van der Waals surface area contributed by atoms with Crippen molar-refractivity contribution in [3.8, 4) is 0 Å². The second-order valence-corrected chi connectivity index (χ2v) is 7.96. The second kappa shape index (κ2) is 9.39. The fourth-order valence-electron chi connectivity index (χ4n) is 3.73. The zero-order valence-corrected chi connectivity index (χ0v) is 18.6. The van der Waals surface area contributed by atoms with E-state index in [1.165, 1.54) is 19.3 Å². The number of guanidine groups is 1. The Morgan fingerprint density at radius 1 is 1.28 bits per heavy atom. The number of carbonyl (C=O) groups is 1. The summed E-state index contributed by atoms with van der Waals surface area (Å²) in [6.45, 7) is 11.7. The molecule has 2 saturated carbocycles. The average molecular weight is 466 g/mol. The second-order valence-electron chi connectivity index (χ2n) is 7.96. The number of aliphatic imine (C=N–C) groups is 1. The summed E-state index contributed by atoms with van der Waals surface area (Å²) in [5.41, 5.74) is 0.0485. The Bertz CT molecular complexity index is 472. The van der Waals surface area contributed by atoms with Gasteiger partial charge in [-0.2, -0.15) is 0 Å². The molecule has 0 aliphatic heterocycles. The SMILES string of the molecule is CCNC(=NCC(=O)NC(C)(C)C)NC1CC(OCC)C12CCC2.I. The summed E-state index contributed by atoms with van der Waals surface area (Å²) in [5, 5.41) is 9.72. The molecule has 0 aromatic rings. The number of carbonyl (C=O) groups excluding carboxylic acids is 1. The Kier molecular flexibility index (Phi) is 8.44. The van der Waals surface area contributed by atoms with E-state index >= 15 is 0 Å². The number of nitrogens with one attached hydrogen (secondary N) is 3. The van der Waals surface area contributed by atoms with E-state index in [4.69, 9.17) is 4.74 Å². The van der Waals surface area contributed by atoms with Crippen LogP contribution in [0.3, 0.4) is 0 Å². The van der Waals surface area contributed by atoms with Crippen LogP contribution < -0.4 is 16.0 Å². The summed E-state index contributed by atoms with van der Waals surface area (Å²) in [7, 11) is 0. The molecule has 2 unspecified atom stereocenters. The van der Waals surface area contributed by atoms with Crippen molar-refractivity contribution in [3.05, 3.63) is 0 Å². The minimum absolute atomic E-state index is 0. The van der Waals surface area contributed by atoms with Gasteiger partial charge in [0.05, 0.1) is 6.10 Å². The van der Waals surface area contributed by atoms with Crippen LogP contribution in [0.5, 0.6) is 0 Å². The van der Waals surface area contributed by atoms with Gasteiger partial charge in [-0.1, -0.05) is 6.42 Å². The van der Waals surface area contributed by atoms with E-state index in [0.717, 1.165) is 25.5 Å². The molecule has 6 nitrogen and oxygen atoms in total. The maximum atomic E-state index is 12.0. The van der Waals surface area contributed by atoms with Crippen LogP contribution in [0.2, 0.25) is 0 Å². The Labute approximate surface area is 169 Å². The molecule has 146 valence electrons. The van der Waals surface area contributed by atoms with Crippen molar-refractivity contribution in [2.75, 3.05) is 19.7 Å². The van der Waals surface area contributed by atoms with E-state index in [0.29, 0.717) is 12.1 Å². The standard InChI is InChI=1S/C18H34N4O2.HI/c1-6-19-16(20-12-15(23)22-17(3,4)5)21-13-11-14(24-7-2)18(13)9-8-10-18;/h13-14H,6-12H2,1-5H3,(H,22,23)(H2,19,20,21);1H. The van der Waals surface area contributed by atoms with E-state index in [9.17, 15) is 4.79 Å². The lowest BCUT2D eigenvalue weighted by molar-refractivity contribution is -0.168. The van der Waals surface area contributed by atoms with Crippen LogP contribution in [0.15, 0.2) is 4.99 Å². The lowest BCUT2D eigenvalue weighted by atomic mass is 9.51. The van der Waals surface area contributed by atoms with Crippen LogP contribution in [0, 0.1) is 5.41 Å². The van der Waals surface area contributed by atoms with Crippen molar-refractivity contribution in [1.82, 2.24) is 16.0 Å². The van der Waals surface area contributed by atoms with Gasteiger partial charge in [0, 0.05) is 30.1 Å². The number of hydrogen-bond acceptors (Lipinski definition) is 3. The van der Waals surface area contributed by atoms with E-state index in [2.05, 4.69) is 27.9 Å². The van der Waals surface area contributed by atoms with Crippen LogP contribution in [0.25, 0.3) is 0 Å². The van der Waals surface area contributed by atoms with Gasteiger partial charge in [0.25, 0.3) is 0 Å². The van der Waals surface area contributed by atoms with Crippen molar-refractivity contribution >= 4 is 35.8 Å². The molecule has 0 radical (unpaired) electrons. The maximum Gasteiger partial charge on any atom is 0.242 e. The number of rotatable bonds is 6. The van der Waals surface area contributed by atoms with Gasteiger partial charge in [0.15, 0.2) is 5.96 Å². The third-order valence-corrected chi connectivity index (χ3v) is 4.99. The first-order valence-corrected chi connectivity index (χ1v) is 9.28. The largest absolute Gasteiger partial charge is 0.378 e. The number of hydrogen-bond donors (Lipinski definition) is 3. The fourth-order valence-corrected chi connectivity index (χ4v) is 3.73. The summed E-state index contributed by atoms with van der Waals surface area (Å²) in [6.07, 6.45) is 5.12. The minimum Gasteiger partial charge on any atom is -0.378 e. The highest BCUT2D eigenvalue weighted by atomic mass is 127. The summed E-state index contributed by atoms with van der Waals surface area (Å²) in [5.74, 6) is 0.673. The van der Waals surface area contributed by atoms with Gasteiger partial charge in [-0.3, -0.25) is 4.79 Å². The molecule has 2 rings (SSSR count). The van der Waals surface area contributed by atoms with Crippen molar-refractivity contribution in [2.45, 2.75) is 78.0 Å². The van der Waals surface area contributed by atoms with Crippen LogP contribution >= 0.6 is 24.0 Å². The molecule has 0 saturated heterocycles. The molecule has 7 heteroatoms. The van der Waals surface area contributed by atoms with Gasteiger partial charge < -0.3 is 20.7 Å². The Morgan fingerprint density at radius 3 is 2.44 bits per heavy atom. The van der Waals surface area contributed by atoms with Crippen molar-refractivity contribution in [2.24, 2.45) is 10.4 Å². The van der Waals surface area contributed by atoms with Crippen LogP contribution in [0.1, 0.15) is 60.3 Å². The van der Waals surface area contributed by atoms with Gasteiger partial charge >= 0.3 is 0 Å². The van der Waals surface area contributed by atoms with Gasteiger partial charge in [0.2, 0.25) is 5.91 Å². The molecule has 2 aliphatic rings. The minimum atomic E-state index is -0.229. The summed E-state index contributed by atoms with van der Waals surface area (Å²) < 4.78 is 5.90. The van der Waals surface area contributed by atoms with Crippen LogP contribution in [-0.2, 0) is 9.53 Å². The molecule has 2 fully saturated rings. The van der Waals surface area contributed by atoms with Crippen molar-refractivity contribution in [1.29, 1.82) is 0 Å².